The Morgan fingerprint density at radius 2 is 2.00 bits per heavy atom. The van der Waals surface area contributed by atoms with Crippen molar-refractivity contribution in [1.82, 2.24) is 0 Å². The molecule has 96 valence electrons. The van der Waals surface area contributed by atoms with Crippen molar-refractivity contribution in [3.8, 4) is 6.07 Å². The molecule has 1 rings (SSSR count). The molecule has 0 aromatic heterocycles. The normalized spacial score (nSPS) is 10.7. The van der Waals surface area contributed by atoms with Crippen LogP contribution in [0.25, 0.3) is 0 Å². The highest BCUT2D eigenvalue weighted by Crippen LogP contribution is 2.20. The van der Waals surface area contributed by atoms with Crippen LogP contribution in [0, 0.1) is 23.0 Å². The van der Waals surface area contributed by atoms with Crippen molar-refractivity contribution in [1.29, 1.82) is 5.26 Å². The molecule has 0 unspecified atom stereocenters. The molecule has 0 atom stereocenters. The van der Waals surface area contributed by atoms with Crippen molar-refractivity contribution >= 4 is 11.8 Å². The average molecular weight is 254 g/mol. The molecular formula is C12H12F2N2O2. The third-order valence-electron chi connectivity index (χ3n) is 1.79. The van der Waals surface area contributed by atoms with Gasteiger partial charge in [-0.1, -0.05) is 0 Å². The largest absolute Gasteiger partial charge is 0.444 e. The van der Waals surface area contributed by atoms with E-state index in [2.05, 4.69) is 5.32 Å². The number of nitrogens with zero attached hydrogens (tertiary/aromatic N) is 1. The number of amides is 1. The standard InChI is InChI=1S/C12H12F2N2O2/c1-12(2,3)18-11(17)16-9-5-7(6-15)4-8(13)10(9)14/h4-5H,1-3H3,(H,16,17). The molecule has 0 bridgehead atoms. The lowest BCUT2D eigenvalue weighted by Gasteiger charge is -2.19. The summed E-state index contributed by atoms with van der Waals surface area (Å²) in [7, 11) is 0. The summed E-state index contributed by atoms with van der Waals surface area (Å²) < 4.78 is 31.3. The topological polar surface area (TPSA) is 62.1 Å². The molecule has 1 aromatic rings. The number of nitrogens with one attached hydrogen (secondary N) is 1. The van der Waals surface area contributed by atoms with Gasteiger partial charge in [0.05, 0.1) is 17.3 Å². The number of hydrogen-bond acceptors (Lipinski definition) is 3. The summed E-state index contributed by atoms with van der Waals surface area (Å²) in [6.07, 6.45) is -0.920. The maximum Gasteiger partial charge on any atom is 0.412 e. The fraction of sp³-hybridized carbons (Fsp3) is 0.333. The molecule has 6 heteroatoms. The molecule has 1 aromatic carbocycles. The fourth-order valence-corrected chi connectivity index (χ4v) is 1.16. The lowest BCUT2D eigenvalue weighted by Crippen LogP contribution is -2.27. The molecule has 0 aliphatic carbocycles. The minimum atomic E-state index is -1.24. The van der Waals surface area contributed by atoms with Crippen LogP contribution in [0.5, 0.6) is 0 Å². The van der Waals surface area contributed by atoms with E-state index >= 15 is 0 Å². The molecule has 4 nitrogen and oxygen atoms in total. The Bertz CT molecular complexity index is 516. The Kier molecular flexibility index (Phi) is 3.86. The van der Waals surface area contributed by atoms with Gasteiger partial charge in [-0.05, 0) is 32.9 Å². The van der Waals surface area contributed by atoms with Crippen LogP contribution < -0.4 is 5.32 Å². The van der Waals surface area contributed by atoms with Gasteiger partial charge in [0.25, 0.3) is 0 Å². The van der Waals surface area contributed by atoms with Gasteiger partial charge in [0.2, 0.25) is 0 Å². The Morgan fingerprint density at radius 1 is 1.39 bits per heavy atom. The van der Waals surface area contributed by atoms with Gasteiger partial charge in [-0.15, -0.1) is 0 Å². The molecule has 0 heterocycles. The Balaban J connectivity index is 2.95. The monoisotopic (exact) mass is 254 g/mol. The first-order chi connectivity index (χ1) is 8.23. The van der Waals surface area contributed by atoms with Gasteiger partial charge in [0, 0.05) is 0 Å². The van der Waals surface area contributed by atoms with Crippen molar-refractivity contribution in [3.63, 3.8) is 0 Å². The van der Waals surface area contributed by atoms with E-state index in [0.717, 1.165) is 12.1 Å². The number of hydrogen-bond donors (Lipinski definition) is 1. The van der Waals surface area contributed by atoms with Crippen LogP contribution in [0.2, 0.25) is 0 Å². The first kappa shape index (κ1) is 13.9. The van der Waals surface area contributed by atoms with E-state index in [0.29, 0.717) is 0 Å². The second-order valence-corrected chi connectivity index (χ2v) is 4.56. The van der Waals surface area contributed by atoms with Crippen LogP contribution >= 0.6 is 0 Å². The SMILES string of the molecule is CC(C)(C)OC(=O)Nc1cc(C#N)cc(F)c1F. The van der Waals surface area contributed by atoms with Gasteiger partial charge in [-0.3, -0.25) is 5.32 Å². The third-order valence-corrected chi connectivity index (χ3v) is 1.79. The van der Waals surface area contributed by atoms with Crippen LogP contribution in [-0.4, -0.2) is 11.7 Å². The van der Waals surface area contributed by atoms with E-state index in [4.69, 9.17) is 10.00 Å². The van der Waals surface area contributed by atoms with Crippen molar-refractivity contribution in [2.75, 3.05) is 5.32 Å². The zero-order chi connectivity index (χ0) is 13.9. The molecule has 0 fully saturated rings. The molecule has 18 heavy (non-hydrogen) atoms. The number of halogens is 2. The highest BCUT2D eigenvalue weighted by molar-refractivity contribution is 5.85. The summed E-state index contributed by atoms with van der Waals surface area (Å²) in [6.45, 7) is 4.90. The van der Waals surface area contributed by atoms with Crippen LogP contribution in [0.4, 0.5) is 19.3 Å². The van der Waals surface area contributed by atoms with E-state index < -0.39 is 29.0 Å². The second-order valence-electron chi connectivity index (χ2n) is 4.56. The van der Waals surface area contributed by atoms with Crippen LogP contribution in [0.1, 0.15) is 26.3 Å². The van der Waals surface area contributed by atoms with E-state index in [1.54, 1.807) is 26.8 Å². The lowest BCUT2D eigenvalue weighted by molar-refractivity contribution is 0.0635. The Labute approximate surface area is 103 Å². The molecule has 0 aliphatic heterocycles. The molecule has 0 saturated heterocycles. The molecule has 0 radical (unpaired) electrons. The minimum absolute atomic E-state index is 0.0973. The van der Waals surface area contributed by atoms with E-state index in [-0.39, 0.29) is 5.56 Å². The number of ether oxygens (including phenoxy) is 1. The highest BCUT2D eigenvalue weighted by Gasteiger charge is 2.19. The van der Waals surface area contributed by atoms with Crippen LogP contribution in [0.3, 0.4) is 0 Å². The summed E-state index contributed by atoms with van der Waals surface area (Å²) in [5, 5.41) is 10.7. The maximum absolute atomic E-state index is 13.4. The van der Waals surface area contributed by atoms with Crippen molar-refractivity contribution in [2.24, 2.45) is 0 Å². The first-order valence-corrected chi connectivity index (χ1v) is 5.12. The number of carbonyl (C=O) groups excluding carboxylic acids is 1. The highest BCUT2D eigenvalue weighted by atomic mass is 19.2. The van der Waals surface area contributed by atoms with Crippen LogP contribution in [-0.2, 0) is 4.74 Å². The summed E-state index contributed by atoms with van der Waals surface area (Å²) in [5.41, 5.74) is -1.29. The maximum atomic E-state index is 13.4. The summed E-state index contributed by atoms with van der Waals surface area (Å²) in [4.78, 5) is 11.4. The van der Waals surface area contributed by atoms with Crippen molar-refractivity contribution in [2.45, 2.75) is 26.4 Å². The number of nitriles is 1. The van der Waals surface area contributed by atoms with Gasteiger partial charge in [0.1, 0.15) is 5.60 Å². The minimum Gasteiger partial charge on any atom is -0.444 e. The fourth-order valence-electron chi connectivity index (χ4n) is 1.16. The van der Waals surface area contributed by atoms with Gasteiger partial charge >= 0.3 is 6.09 Å². The molecule has 0 aliphatic rings. The molecular weight excluding hydrogens is 242 g/mol. The lowest BCUT2D eigenvalue weighted by atomic mass is 10.2. The predicted octanol–water partition coefficient (Wildman–Crippen LogP) is 3.18. The van der Waals surface area contributed by atoms with Crippen LogP contribution in [0.15, 0.2) is 12.1 Å². The summed E-state index contributed by atoms with van der Waals surface area (Å²) in [5.74, 6) is -2.44. The summed E-state index contributed by atoms with van der Waals surface area (Å²) in [6, 6.07) is 3.43. The smallest absolute Gasteiger partial charge is 0.412 e. The number of anilines is 1. The van der Waals surface area contributed by atoms with Gasteiger partial charge in [-0.2, -0.15) is 5.26 Å². The van der Waals surface area contributed by atoms with Gasteiger partial charge in [0.15, 0.2) is 11.6 Å². The zero-order valence-corrected chi connectivity index (χ0v) is 10.2. The Hall–Kier alpha value is -2.16. The van der Waals surface area contributed by atoms with Crippen molar-refractivity contribution in [3.05, 3.63) is 29.3 Å². The van der Waals surface area contributed by atoms with Gasteiger partial charge < -0.3 is 4.74 Å². The summed E-state index contributed by atoms with van der Waals surface area (Å²) >= 11 is 0. The van der Waals surface area contributed by atoms with E-state index in [9.17, 15) is 13.6 Å². The van der Waals surface area contributed by atoms with Crippen molar-refractivity contribution < 1.29 is 18.3 Å². The second kappa shape index (κ2) is 5.00. The first-order valence-electron chi connectivity index (χ1n) is 5.12. The third kappa shape index (κ3) is 3.70. The molecule has 1 N–H and O–H groups in total. The quantitative estimate of drug-likeness (QED) is 0.837. The predicted molar refractivity (Wildman–Crippen MR) is 60.9 cm³/mol. The van der Waals surface area contributed by atoms with E-state index in [1.165, 1.54) is 0 Å². The van der Waals surface area contributed by atoms with Gasteiger partial charge in [-0.25, -0.2) is 13.6 Å². The molecule has 0 spiro atoms. The average Bonchev–Trinajstić information content (AvgIpc) is 2.21. The van der Waals surface area contributed by atoms with E-state index in [1.807, 2.05) is 0 Å². The number of benzene rings is 1. The molecule has 1 amide bonds. The number of carbonyl (C=O) groups is 1. The Morgan fingerprint density at radius 3 is 2.50 bits per heavy atom. The molecule has 0 saturated carbocycles. The number of rotatable bonds is 1. The zero-order valence-electron chi connectivity index (χ0n) is 10.2.